The summed E-state index contributed by atoms with van der Waals surface area (Å²) in [6.07, 6.45) is 0. The van der Waals surface area contributed by atoms with E-state index in [-0.39, 0.29) is 11.9 Å². The second-order valence-corrected chi connectivity index (χ2v) is 4.70. The first-order valence-corrected chi connectivity index (χ1v) is 6.73. The summed E-state index contributed by atoms with van der Waals surface area (Å²) in [4.78, 5) is 12.2. The number of ether oxygens (including phenoxy) is 2. The molecular weight excluding hydrogens is 266 g/mol. The van der Waals surface area contributed by atoms with Gasteiger partial charge in [0.25, 0.3) is 5.91 Å². The van der Waals surface area contributed by atoms with Gasteiger partial charge >= 0.3 is 0 Å². The molecule has 0 heterocycles. The van der Waals surface area contributed by atoms with E-state index in [1.54, 1.807) is 38.5 Å². The number of nitrogens with one attached hydrogen (secondary N) is 1. The van der Waals surface area contributed by atoms with Gasteiger partial charge < -0.3 is 14.8 Å². The maximum Gasteiger partial charge on any atom is 0.251 e. The highest BCUT2D eigenvalue weighted by molar-refractivity contribution is 5.94. The van der Waals surface area contributed by atoms with Crippen molar-refractivity contribution in [3.63, 3.8) is 0 Å². The van der Waals surface area contributed by atoms with Crippen molar-refractivity contribution in [3.05, 3.63) is 59.7 Å². The second kappa shape index (κ2) is 6.79. The van der Waals surface area contributed by atoms with Gasteiger partial charge in [0, 0.05) is 5.56 Å². The molecule has 1 N–H and O–H groups in total. The van der Waals surface area contributed by atoms with Gasteiger partial charge in [-0.3, -0.25) is 4.79 Å². The molecule has 2 aromatic rings. The summed E-state index contributed by atoms with van der Waals surface area (Å²) < 4.78 is 10.2. The Morgan fingerprint density at radius 3 is 1.86 bits per heavy atom. The van der Waals surface area contributed by atoms with E-state index in [0.717, 1.165) is 17.1 Å². The fourth-order valence-corrected chi connectivity index (χ4v) is 2.00. The molecule has 0 bridgehead atoms. The van der Waals surface area contributed by atoms with Crippen LogP contribution in [0.3, 0.4) is 0 Å². The monoisotopic (exact) mass is 285 g/mol. The highest BCUT2D eigenvalue weighted by Gasteiger charge is 2.11. The highest BCUT2D eigenvalue weighted by atomic mass is 16.5. The second-order valence-electron chi connectivity index (χ2n) is 4.70. The quantitative estimate of drug-likeness (QED) is 0.917. The fourth-order valence-electron chi connectivity index (χ4n) is 2.00. The smallest absolute Gasteiger partial charge is 0.251 e. The van der Waals surface area contributed by atoms with Crippen molar-refractivity contribution in [1.82, 2.24) is 5.32 Å². The molecule has 1 amide bonds. The van der Waals surface area contributed by atoms with Crippen LogP contribution < -0.4 is 14.8 Å². The zero-order valence-corrected chi connectivity index (χ0v) is 12.4. The summed E-state index contributed by atoms with van der Waals surface area (Å²) in [6.45, 7) is 1.95. The molecule has 4 nitrogen and oxygen atoms in total. The van der Waals surface area contributed by atoms with Gasteiger partial charge in [0.05, 0.1) is 20.3 Å². The predicted molar refractivity (Wildman–Crippen MR) is 81.9 cm³/mol. The van der Waals surface area contributed by atoms with Gasteiger partial charge in [0.15, 0.2) is 0 Å². The van der Waals surface area contributed by atoms with E-state index in [1.165, 1.54) is 0 Å². The molecule has 0 saturated carbocycles. The van der Waals surface area contributed by atoms with E-state index in [2.05, 4.69) is 5.32 Å². The van der Waals surface area contributed by atoms with E-state index < -0.39 is 0 Å². The van der Waals surface area contributed by atoms with Crippen molar-refractivity contribution < 1.29 is 14.3 Å². The number of carbonyl (C=O) groups excluding carboxylic acids is 1. The Balaban J connectivity index is 2.03. The Morgan fingerprint density at radius 1 is 0.905 bits per heavy atom. The number of hydrogen-bond donors (Lipinski definition) is 1. The molecular formula is C17H19NO3. The molecule has 1 atom stereocenters. The van der Waals surface area contributed by atoms with Crippen LogP contribution in [0.1, 0.15) is 28.9 Å². The number of methoxy groups -OCH3 is 2. The van der Waals surface area contributed by atoms with Crippen LogP contribution in [0.15, 0.2) is 48.5 Å². The summed E-state index contributed by atoms with van der Waals surface area (Å²) in [6, 6.07) is 14.6. The Hall–Kier alpha value is -2.49. The van der Waals surface area contributed by atoms with Crippen LogP contribution >= 0.6 is 0 Å². The zero-order chi connectivity index (χ0) is 15.2. The normalized spacial score (nSPS) is 11.6. The highest BCUT2D eigenvalue weighted by Crippen LogP contribution is 2.18. The SMILES string of the molecule is COc1ccc(C(=O)NC(C)c2ccc(OC)cc2)cc1. The number of hydrogen-bond acceptors (Lipinski definition) is 3. The standard InChI is InChI=1S/C17H19NO3/c1-12(13-4-8-15(20-2)9-5-13)18-17(19)14-6-10-16(21-3)11-7-14/h4-12H,1-3H3,(H,18,19). The number of rotatable bonds is 5. The van der Waals surface area contributed by atoms with Gasteiger partial charge in [-0.15, -0.1) is 0 Å². The van der Waals surface area contributed by atoms with Crippen molar-refractivity contribution in [2.75, 3.05) is 14.2 Å². The Morgan fingerprint density at radius 2 is 1.38 bits per heavy atom. The molecule has 0 radical (unpaired) electrons. The Kier molecular flexibility index (Phi) is 4.82. The summed E-state index contributed by atoms with van der Waals surface area (Å²) >= 11 is 0. The van der Waals surface area contributed by atoms with Crippen LogP contribution in [-0.4, -0.2) is 20.1 Å². The van der Waals surface area contributed by atoms with Crippen LogP contribution in [-0.2, 0) is 0 Å². The Labute approximate surface area is 124 Å². The van der Waals surface area contributed by atoms with Crippen LogP contribution in [0, 0.1) is 0 Å². The lowest BCUT2D eigenvalue weighted by atomic mass is 10.1. The van der Waals surface area contributed by atoms with E-state index >= 15 is 0 Å². The van der Waals surface area contributed by atoms with Gasteiger partial charge in [0.2, 0.25) is 0 Å². The third-order valence-corrected chi connectivity index (χ3v) is 3.32. The molecule has 1 unspecified atom stereocenters. The minimum atomic E-state index is -0.110. The molecule has 0 fully saturated rings. The molecule has 0 aromatic heterocycles. The third-order valence-electron chi connectivity index (χ3n) is 3.32. The minimum Gasteiger partial charge on any atom is -0.497 e. The predicted octanol–water partition coefficient (Wildman–Crippen LogP) is 3.19. The van der Waals surface area contributed by atoms with Crippen molar-refractivity contribution in [2.24, 2.45) is 0 Å². The lowest BCUT2D eigenvalue weighted by Crippen LogP contribution is -2.26. The van der Waals surface area contributed by atoms with Gasteiger partial charge in [-0.1, -0.05) is 12.1 Å². The molecule has 2 rings (SSSR count). The largest absolute Gasteiger partial charge is 0.497 e. The van der Waals surface area contributed by atoms with Gasteiger partial charge in [-0.2, -0.15) is 0 Å². The maximum atomic E-state index is 12.2. The van der Waals surface area contributed by atoms with Crippen LogP contribution in [0.4, 0.5) is 0 Å². The van der Waals surface area contributed by atoms with Gasteiger partial charge in [-0.05, 0) is 48.9 Å². The van der Waals surface area contributed by atoms with Crippen molar-refractivity contribution in [1.29, 1.82) is 0 Å². The maximum absolute atomic E-state index is 12.2. The first-order valence-electron chi connectivity index (χ1n) is 6.73. The van der Waals surface area contributed by atoms with Crippen LogP contribution in [0.5, 0.6) is 11.5 Å². The first kappa shape index (κ1) is 14.9. The summed E-state index contributed by atoms with van der Waals surface area (Å²) in [5.41, 5.74) is 1.63. The first-order chi connectivity index (χ1) is 10.1. The van der Waals surface area contributed by atoms with Crippen molar-refractivity contribution >= 4 is 5.91 Å². The average Bonchev–Trinajstić information content (AvgIpc) is 2.55. The van der Waals surface area contributed by atoms with Crippen molar-refractivity contribution in [3.8, 4) is 11.5 Å². The van der Waals surface area contributed by atoms with E-state index in [1.807, 2.05) is 31.2 Å². The molecule has 21 heavy (non-hydrogen) atoms. The molecule has 110 valence electrons. The molecule has 0 spiro atoms. The van der Waals surface area contributed by atoms with E-state index in [0.29, 0.717) is 5.56 Å². The lowest BCUT2D eigenvalue weighted by molar-refractivity contribution is 0.0940. The molecule has 0 aliphatic carbocycles. The molecule has 4 heteroatoms. The van der Waals surface area contributed by atoms with Gasteiger partial charge in [0.1, 0.15) is 11.5 Å². The lowest BCUT2D eigenvalue weighted by Gasteiger charge is -2.15. The Bertz CT molecular complexity index is 590. The van der Waals surface area contributed by atoms with Gasteiger partial charge in [-0.25, -0.2) is 0 Å². The van der Waals surface area contributed by atoms with Crippen LogP contribution in [0.2, 0.25) is 0 Å². The third kappa shape index (κ3) is 3.75. The summed E-state index contributed by atoms with van der Waals surface area (Å²) in [5, 5.41) is 2.97. The molecule has 0 aliphatic heterocycles. The summed E-state index contributed by atoms with van der Waals surface area (Å²) in [5.74, 6) is 1.42. The van der Waals surface area contributed by atoms with E-state index in [9.17, 15) is 4.79 Å². The molecule has 0 aliphatic rings. The number of amides is 1. The molecule has 2 aromatic carbocycles. The topological polar surface area (TPSA) is 47.6 Å². The molecule has 0 saturated heterocycles. The minimum absolute atomic E-state index is 0.0782. The number of carbonyl (C=O) groups is 1. The van der Waals surface area contributed by atoms with Crippen molar-refractivity contribution in [2.45, 2.75) is 13.0 Å². The zero-order valence-electron chi connectivity index (χ0n) is 12.4. The summed E-state index contributed by atoms with van der Waals surface area (Å²) in [7, 11) is 3.23. The average molecular weight is 285 g/mol. The van der Waals surface area contributed by atoms with Crippen LogP contribution in [0.25, 0.3) is 0 Å². The fraction of sp³-hybridized carbons (Fsp3) is 0.235. The number of benzene rings is 2. The van der Waals surface area contributed by atoms with E-state index in [4.69, 9.17) is 9.47 Å².